The number of pyridine rings is 1. The number of anilines is 2. The number of amides is 1. The van der Waals surface area contributed by atoms with Crippen LogP contribution in [-0.4, -0.2) is 29.9 Å². The fraction of sp³-hybridized carbons (Fsp3) is 0.350. The molecule has 1 heterocycles. The zero-order valence-electron chi connectivity index (χ0n) is 16.9. The molecule has 1 atom stereocenters. The molecule has 0 unspecified atom stereocenters. The fourth-order valence-electron chi connectivity index (χ4n) is 2.47. The molecule has 0 aliphatic heterocycles. The van der Waals surface area contributed by atoms with E-state index >= 15 is 0 Å². The van der Waals surface area contributed by atoms with E-state index in [1.807, 2.05) is 6.92 Å². The third-order valence-electron chi connectivity index (χ3n) is 4.19. The zero-order valence-corrected chi connectivity index (χ0v) is 16.9. The van der Waals surface area contributed by atoms with Gasteiger partial charge in [0.2, 0.25) is 5.91 Å². The molecule has 0 radical (unpaired) electrons. The van der Waals surface area contributed by atoms with Crippen LogP contribution < -0.4 is 27.3 Å². The van der Waals surface area contributed by atoms with E-state index in [1.54, 1.807) is 30.3 Å². The SMILES string of the molecule is C[C@@H](CCCCN)C(=O)Oc1ccccc1N=Nc1ccc(NC(=O)CN)nc1N. The van der Waals surface area contributed by atoms with Crippen molar-refractivity contribution in [1.29, 1.82) is 0 Å². The number of nitrogens with one attached hydrogen (secondary N) is 1. The maximum atomic E-state index is 12.3. The van der Waals surface area contributed by atoms with Gasteiger partial charge in [0, 0.05) is 0 Å². The fourth-order valence-corrected chi connectivity index (χ4v) is 2.47. The minimum absolute atomic E-state index is 0.0802. The minimum Gasteiger partial charge on any atom is -0.424 e. The number of hydrogen-bond acceptors (Lipinski definition) is 9. The van der Waals surface area contributed by atoms with Crippen LogP contribution in [0.15, 0.2) is 46.6 Å². The molecule has 0 spiro atoms. The highest BCUT2D eigenvalue weighted by molar-refractivity contribution is 5.91. The van der Waals surface area contributed by atoms with Crippen LogP contribution in [0.5, 0.6) is 5.75 Å². The number of hydrogen-bond donors (Lipinski definition) is 4. The molecule has 2 aromatic rings. The number of nitrogens with zero attached hydrogens (tertiary/aromatic N) is 3. The largest absolute Gasteiger partial charge is 0.424 e. The van der Waals surface area contributed by atoms with Gasteiger partial charge >= 0.3 is 5.97 Å². The van der Waals surface area contributed by atoms with E-state index in [9.17, 15) is 9.59 Å². The van der Waals surface area contributed by atoms with Gasteiger partial charge in [0.15, 0.2) is 11.6 Å². The average Bonchev–Trinajstić information content (AvgIpc) is 2.74. The van der Waals surface area contributed by atoms with Gasteiger partial charge in [0.25, 0.3) is 0 Å². The Morgan fingerprint density at radius 3 is 2.53 bits per heavy atom. The van der Waals surface area contributed by atoms with Crippen LogP contribution in [0.3, 0.4) is 0 Å². The summed E-state index contributed by atoms with van der Waals surface area (Å²) in [5.74, 6) is -0.329. The normalized spacial score (nSPS) is 12.0. The van der Waals surface area contributed by atoms with Gasteiger partial charge in [0.05, 0.1) is 12.5 Å². The van der Waals surface area contributed by atoms with Crippen molar-refractivity contribution < 1.29 is 14.3 Å². The van der Waals surface area contributed by atoms with Gasteiger partial charge in [-0.3, -0.25) is 9.59 Å². The van der Waals surface area contributed by atoms with Crippen molar-refractivity contribution in [3.8, 4) is 5.75 Å². The molecule has 7 N–H and O–H groups in total. The number of carbonyl (C=O) groups is 2. The summed E-state index contributed by atoms with van der Waals surface area (Å²) in [5.41, 5.74) is 17.3. The van der Waals surface area contributed by atoms with E-state index < -0.39 is 0 Å². The summed E-state index contributed by atoms with van der Waals surface area (Å²) in [6.07, 6.45) is 2.43. The molecule has 0 fully saturated rings. The molecule has 0 aliphatic carbocycles. The third-order valence-corrected chi connectivity index (χ3v) is 4.19. The van der Waals surface area contributed by atoms with Gasteiger partial charge in [-0.15, -0.1) is 10.2 Å². The predicted molar refractivity (Wildman–Crippen MR) is 115 cm³/mol. The van der Waals surface area contributed by atoms with Crippen LogP contribution >= 0.6 is 0 Å². The summed E-state index contributed by atoms with van der Waals surface area (Å²) in [5, 5.41) is 10.7. The van der Waals surface area contributed by atoms with Crippen molar-refractivity contribution in [3.63, 3.8) is 0 Å². The monoisotopic (exact) mass is 413 g/mol. The van der Waals surface area contributed by atoms with Crippen LogP contribution in [0.4, 0.5) is 23.0 Å². The quantitative estimate of drug-likeness (QED) is 0.201. The van der Waals surface area contributed by atoms with Crippen molar-refractivity contribution in [2.45, 2.75) is 26.2 Å². The molecule has 2 rings (SSSR count). The average molecular weight is 413 g/mol. The summed E-state index contributed by atoms with van der Waals surface area (Å²) in [7, 11) is 0. The van der Waals surface area contributed by atoms with Crippen LogP contribution in [0.1, 0.15) is 26.2 Å². The highest BCUT2D eigenvalue weighted by Crippen LogP contribution is 2.31. The van der Waals surface area contributed by atoms with Crippen LogP contribution in [0, 0.1) is 5.92 Å². The van der Waals surface area contributed by atoms with E-state index in [0.29, 0.717) is 30.1 Å². The number of aromatic nitrogens is 1. The number of benzene rings is 1. The second kappa shape index (κ2) is 11.6. The first kappa shape index (κ1) is 22.9. The molecule has 1 amide bonds. The number of nitrogens with two attached hydrogens (primary N) is 3. The zero-order chi connectivity index (χ0) is 21.9. The summed E-state index contributed by atoms with van der Waals surface area (Å²) >= 11 is 0. The minimum atomic E-state index is -0.385. The Bertz CT molecular complexity index is 902. The number of carbonyl (C=O) groups excluding carboxylic acids is 2. The first-order chi connectivity index (χ1) is 14.4. The number of ether oxygens (including phenoxy) is 1. The van der Waals surface area contributed by atoms with Crippen LogP contribution in [0.25, 0.3) is 0 Å². The lowest BCUT2D eigenvalue weighted by Crippen LogP contribution is -2.22. The van der Waals surface area contributed by atoms with E-state index in [0.717, 1.165) is 12.8 Å². The third kappa shape index (κ3) is 6.90. The van der Waals surface area contributed by atoms with Crippen LogP contribution in [0.2, 0.25) is 0 Å². The lowest BCUT2D eigenvalue weighted by atomic mass is 10.0. The van der Waals surface area contributed by atoms with Gasteiger partial charge in [0.1, 0.15) is 17.2 Å². The number of esters is 1. The first-order valence-corrected chi connectivity index (χ1v) is 9.63. The molecule has 0 saturated heterocycles. The Labute approximate surface area is 174 Å². The number of nitrogen functional groups attached to an aromatic ring is 1. The second-order valence-corrected chi connectivity index (χ2v) is 6.63. The molecular formula is C20H27N7O3. The maximum Gasteiger partial charge on any atom is 0.314 e. The predicted octanol–water partition coefficient (Wildman–Crippen LogP) is 2.65. The number of rotatable bonds is 10. The first-order valence-electron chi connectivity index (χ1n) is 9.63. The molecular weight excluding hydrogens is 386 g/mol. The number of para-hydroxylation sites is 1. The molecule has 1 aromatic carbocycles. The Morgan fingerprint density at radius 2 is 1.83 bits per heavy atom. The summed E-state index contributed by atoms with van der Waals surface area (Å²) in [4.78, 5) is 27.7. The molecule has 0 bridgehead atoms. The topological polar surface area (TPSA) is 171 Å². The van der Waals surface area contributed by atoms with Gasteiger partial charge in [-0.05, 0) is 43.7 Å². The van der Waals surface area contributed by atoms with Crippen molar-refractivity contribution in [2.24, 2.45) is 27.6 Å². The van der Waals surface area contributed by atoms with Gasteiger partial charge in [-0.1, -0.05) is 25.5 Å². The van der Waals surface area contributed by atoms with E-state index in [4.69, 9.17) is 21.9 Å². The van der Waals surface area contributed by atoms with Crippen LogP contribution in [-0.2, 0) is 9.59 Å². The van der Waals surface area contributed by atoms with Crippen molar-refractivity contribution in [2.75, 3.05) is 24.1 Å². The standard InChI is InChI=1S/C20H27N7O3/c1-13(6-4-5-11-21)20(29)30-16-8-3-2-7-14(16)26-27-15-9-10-17(25-19(15)23)24-18(28)12-22/h2-3,7-10,13H,4-6,11-12,21-22H2,1H3,(H3,23,24,25,28)/t13-/m0/s1. The van der Waals surface area contributed by atoms with Crippen molar-refractivity contribution >= 4 is 34.9 Å². The van der Waals surface area contributed by atoms with Crippen molar-refractivity contribution in [3.05, 3.63) is 36.4 Å². The Balaban J connectivity index is 2.09. The molecule has 0 saturated carbocycles. The van der Waals surface area contributed by atoms with Gasteiger partial charge in [-0.25, -0.2) is 4.98 Å². The highest BCUT2D eigenvalue weighted by atomic mass is 16.5. The number of azo groups is 1. The van der Waals surface area contributed by atoms with Crippen molar-refractivity contribution in [1.82, 2.24) is 4.98 Å². The summed E-state index contributed by atoms with van der Waals surface area (Å²) in [6.45, 7) is 2.26. The van der Waals surface area contributed by atoms with Gasteiger partial charge in [-0.2, -0.15) is 0 Å². The maximum absolute atomic E-state index is 12.3. The molecule has 1 aromatic heterocycles. The lowest BCUT2D eigenvalue weighted by Gasteiger charge is -2.12. The van der Waals surface area contributed by atoms with Gasteiger partial charge < -0.3 is 27.3 Å². The van der Waals surface area contributed by atoms with E-state index in [-0.39, 0.29) is 36.0 Å². The Kier molecular flexibility index (Phi) is 8.85. The molecule has 160 valence electrons. The molecule has 0 aliphatic rings. The summed E-state index contributed by atoms with van der Waals surface area (Å²) < 4.78 is 5.50. The molecule has 10 heteroatoms. The number of unbranched alkanes of at least 4 members (excludes halogenated alkanes) is 1. The summed E-state index contributed by atoms with van der Waals surface area (Å²) in [6, 6.07) is 9.91. The Morgan fingerprint density at radius 1 is 1.10 bits per heavy atom. The van der Waals surface area contributed by atoms with E-state index in [1.165, 1.54) is 6.07 Å². The highest BCUT2D eigenvalue weighted by Gasteiger charge is 2.16. The lowest BCUT2D eigenvalue weighted by molar-refractivity contribution is -0.138. The van der Waals surface area contributed by atoms with E-state index in [2.05, 4.69) is 20.5 Å². The molecule has 10 nitrogen and oxygen atoms in total. The Hall–Kier alpha value is -3.37. The smallest absolute Gasteiger partial charge is 0.314 e. The second-order valence-electron chi connectivity index (χ2n) is 6.63. The molecule has 30 heavy (non-hydrogen) atoms.